The Balaban J connectivity index is 3.79. The zero-order valence-electron chi connectivity index (χ0n) is 9.62. The molecule has 0 bridgehead atoms. The molecule has 0 amide bonds. The van der Waals surface area contributed by atoms with Gasteiger partial charge in [-0.25, -0.2) is 0 Å². The van der Waals surface area contributed by atoms with Gasteiger partial charge in [0.25, 0.3) is 0 Å². The van der Waals surface area contributed by atoms with Crippen LogP contribution in [0.2, 0.25) is 0 Å². The van der Waals surface area contributed by atoms with Gasteiger partial charge in [0.2, 0.25) is 0 Å². The Hall–Kier alpha value is -0.500. The van der Waals surface area contributed by atoms with E-state index in [1.807, 2.05) is 0 Å². The highest BCUT2D eigenvalue weighted by Gasteiger charge is 2.29. The Morgan fingerprint density at radius 1 is 1.06 bits per heavy atom. The van der Waals surface area contributed by atoms with E-state index >= 15 is 0 Å². The summed E-state index contributed by atoms with van der Waals surface area (Å²) in [7, 11) is 1.45. The van der Waals surface area contributed by atoms with Gasteiger partial charge in [0, 0.05) is 19.1 Å². The maximum Gasteiger partial charge on any atom is 0.401 e. The molecule has 0 aromatic heterocycles. The average Bonchev–Trinajstić information content (AvgIpc) is 2.10. The number of nitrogens with one attached hydrogen (secondary N) is 1. The van der Waals surface area contributed by atoms with E-state index in [9.17, 15) is 26.3 Å². The number of rotatable bonds is 6. The van der Waals surface area contributed by atoms with Crippen LogP contribution in [-0.2, 0) is 0 Å². The van der Waals surface area contributed by atoms with Gasteiger partial charge in [0.1, 0.15) is 0 Å². The highest BCUT2D eigenvalue weighted by Crippen LogP contribution is 2.19. The van der Waals surface area contributed by atoms with Crippen LogP contribution in [0, 0.1) is 0 Å². The summed E-state index contributed by atoms with van der Waals surface area (Å²) < 4.78 is 71.0. The first-order valence-electron chi connectivity index (χ1n) is 5.06. The van der Waals surface area contributed by atoms with E-state index < -0.39 is 25.3 Å². The van der Waals surface area contributed by atoms with E-state index in [0.29, 0.717) is 0 Å². The van der Waals surface area contributed by atoms with Gasteiger partial charge in [0.15, 0.2) is 0 Å². The lowest BCUT2D eigenvalue weighted by Crippen LogP contribution is -2.42. The summed E-state index contributed by atoms with van der Waals surface area (Å²) in [6, 6.07) is -0.389. The highest BCUT2D eigenvalue weighted by molar-refractivity contribution is 4.69. The van der Waals surface area contributed by atoms with Gasteiger partial charge in [-0.1, -0.05) is 0 Å². The third-order valence-electron chi connectivity index (χ3n) is 2.27. The lowest BCUT2D eigenvalue weighted by molar-refractivity contribution is -0.138. The van der Waals surface area contributed by atoms with Crippen LogP contribution in [0.25, 0.3) is 0 Å². The van der Waals surface area contributed by atoms with Crippen LogP contribution in [0.5, 0.6) is 0 Å². The predicted octanol–water partition coefficient (Wildman–Crippen LogP) is 2.41. The molecule has 8 heteroatoms. The summed E-state index contributed by atoms with van der Waals surface area (Å²) in [6.07, 6.45) is -9.51. The van der Waals surface area contributed by atoms with Crippen molar-refractivity contribution in [1.29, 1.82) is 0 Å². The summed E-state index contributed by atoms with van der Waals surface area (Å²) in [5, 5.41) is 2.16. The van der Waals surface area contributed by atoms with Crippen molar-refractivity contribution in [3.05, 3.63) is 0 Å². The van der Waals surface area contributed by atoms with Crippen LogP contribution < -0.4 is 5.32 Å². The van der Waals surface area contributed by atoms with Gasteiger partial charge >= 0.3 is 12.4 Å². The Kier molecular flexibility index (Phi) is 6.25. The first-order valence-corrected chi connectivity index (χ1v) is 5.06. The molecule has 0 aliphatic heterocycles. The highest BCUT2D eigenvalue weighted by atomic mass is 19.4. The van der Waals surface area contributed by atoms with Crippen molar-refractivity contribution in [3.63, 3.8) is 0 Å². The predicted molar refractivity (Wildman–Crippen MR) is 51.7 cm³/mol. The minimum atomic E-state index is -4.30. The Morgan fingerprint density at radius 3 is 2.00 bits per heavy atom. The number of likely N-dealkylation sites (N-methyl/N-ethyl adjacent to an activating group) is 1. The molecule has 2 nitrogen and oxygen atoms in total. The minimum absolute atomic E-state index is 0.00608. The second-order valence-corrected chi connectivity index (χ2v) is 3.94. The smallest absolute Gasteiger partial charge is 0.307 e. The van der Waals surface area contributed by atoms with Crippen molar-refractivity contribution < 1.29 is 26.3 Å². The molecular formula is C9H16F6N2. The zero-order valence-corrected chi connectivity index (χ0v) is 9.62. The second-order valence-electron chi connectivity index (χ2n) is 3.94. The quantitative estimate of drug-likeness (QED) is 0.743. The molecule has 0 heterocycles. The zero-order chi connectivity index (χ0) is 13.7. The van der Waals surface area contributed by atoms with Crippen molar-refractivity contribution in [2.24, 2.45) is 0 Å². The molecule has 1 atom stereocenters. The van der Waals surface area contributed by atoms with E-state index in [4.69, 9.17) is 0 Å². The van der Waals surface area contributed by atoms with Crippen LogP contribution in [0.15, 0.2) is 0 Å². The monoisotopic (exact) mass is 266 g/mol. The summed E-state index contributed by atoms with van der Waals surface area (Å²) >= 11 is 0. The molecule has 104 valence electrons. The Bertz CT molecular complexity index is 213. The van der Waals surface area contributed by atoms with E-state index in [1.54, 1.807) is 6.92 Å². The molecule has 17 heavy (non-hydrogen) atoms. The third kappa shape index (κ3) is 10.4. The molecule has 0 fully saturated rings. The Labute approximate surface area is 96.0 Å². The molecule has 0 spiro atoms. The van der Waals surface area contributed by atoms with Gasteiger partial charge in [-0.2, -0.15) is 26.3 Å². The van der Waals surface area contributed by atoms with Gasteiger partial charge < -0.3 is 10.2 Å². The fraction of sp³-hybridized carbons (Fsp3) is 1.00. The molecule has 1 unspecified atom stereocenters. The Morgan fingerprint density at radius 2 is 1.59 bits per heavy atom. The number of nitrogens with zero attached hydrogens (tertiary/aromatic N) is 1. The minimum Gasteiger partial charge on any atom is -0.307 e. The summed E-state index contributed by atoms with van der Waals surface area (Å²) in [5.74, 6) is 0. The van der Waals surface area contributed by atoms with Crippen molar-refractivity contribution in [1.82, 2.24) is 10.2 Å². The van der Waals surface area contributed by atoms with Crippen LogP contribution in [0.1, 0.15) is 13.3 Å². The maximum absolute atomic E-state index is 11.9. The van der Waals surface area contributed by atoms with Crippen molar-refractivity contribution in [2.45, 2.75) is 31.7 Å². The molecule has 0 radical (unpaired) electrons. The van der Waals surface area contributed by atoms with E-state index in [2.05, 4.69) is 5.32 Å². The van der Waals surface area contributed by atoms with E-state index in [1.165, 1.54) is 11.9 Å². The van der Waals surface area contributed by atoms with Crippen LogP contribution in [0.3, 0.4) is 0 Å². The van der Waals surface area contributed by atoms with Crippen LogP contribution >= 0.6 is 0 Å². The summed E-state index contributed by atoms with van der Waals surface area (Å²) in [5.41, 5.74) is 0. The van der Waals surface area contributed by atoms with Gasteiger partial charge in [-0.3, -0.25) is 0 Å². The van der Waals surface area contributed by atoms with Gasteiger partial charge in [-0.15, -0.1) is 0 Å². The number of alkyl halides is 6. The lowest BCUT2D eigenvalue weighted by atomic mass is 10.2. The van der Waals surface area contributed by atoms with E-state index in [-0.39, 0.29) is 19.1 Å². The van der Waals surface area contributed by atoms with Crippen LogP contribution in [0.4, 0.5) is 26.3 Å². The molecular weight excluding hydrogens is 250 g/mol. The molecule has 0 aromatic rings. The number of hydrogen-bond acceptors (Lipinski definition) is 2. The lowest BCUT2D eigenvalue weighted by Gasteiger charge is -2.25. The first kappa shape index (κ1) is 16.5. The average molecular weight is 266 g/mol. The number of halogens is 6. The van der Waals surface area contributed by atoms with Crippen molar-refractivity contribution >= 4 is 0 Å². The van der Waals surface area contributed by atoms with Crippen LogP contribution in [-0.4, -0.2) is 50.0 Å². The molecule has 0 saturated heterocycles. The second kappa shape index (κ2) is 6.44. The molecule has 0 saturated carbocycles. The fourth-order valence-corrected chi connectivity index (χ4v) is 1.10. The first-order chi connectivity index (χ1) is 7.51. The topological polar surface area (TPSA) is 15.3 Å². The van der Waals surface area contributed by atoms with Crippen molar-refractivity contribution in [3.8, 4) is 0 Å². The molecule has 0 aliphatic rings. The summed E-state index contributed by atoms with van der Waals surface area (Å²) in [6.45, 7) is 0.205. The van der Waals surface area contributed by atoms with Gasteiger partial charge in [-0.05, 0) is 14.0 Å². The standard InChI is InChI=1S/C9H16F6N2/c1-7(5-16-6-9(13,14)15)17(2)4-3-8(10,11)12/h7,16H,3-6H2,1-2H3. The maximum atomic E-state index is 11.9. The van der Waals surface area contributed by atoms with E-state index in [0.717, 1.165) is 0 Å². The molecule has 0 rings (SSSR count). The van der Waals surface area contributed by atoms with Gasteiger partial charge in [0.05, 0.1) is 13.0 Å². The normalized spacial score (nSPS) is 15.4. The fourth-order valence-electron chi connectivity index (χ4n) is 1.10. The molecule has 0 aliphatic carbocycles. The molecule has 1 N–H and O–H groups in total. The largest absolute Gasteiger partial charge is 0.401 e. The van der Waals surface area contributed by atoms with Crippen molar-refractivity contribution in [2.75, 3.05) is 26.7 Å². The molecule has 0 aromatic carbocycles. The third-order valence-corrected chi connectivity index (χ3v) is 2.27. The number of hydrogen-bond donors (Lipinski definition) is 1. The SMILES string of the molecule is CC(CNCC(F)(F)F)N(C)CCC(F)(F)F. The summed E-state index contributed by atoms with van der Waals surface area (Å²) in [4.78, 5) is 1.37.